The Morgan fingerprint density at radius 1 is 1.33 bits per heavy atom. The first-order valence-electron chi connectivity index (χ1n) is 8.26. The first-order valence-corrected chi connectivity index (χ1v) is 8.26. The van der Waals surface area contributed by atoms with Crippen LogP contribution in [0.3, 0.4) is 0 Å². The van der Waals surface area contributed by atoms with Crippen LogP contribution in [-0.4, -0.2) is 24.2 Å². The van der Waals surface area contributed by atoms with Crippen molar-refractivity contribution in [1.82, 2.24) is 10.3 Å². The summed E-state index contributed by atoms with van der Waals surface area (Å²) in [6.07, 6.45) is 10.2. The van der Waals surface area contributed by atoms with Crippen LogP contribution >= 0.6 is 0 Å². The number of nitrogens with zero attached hydrogens (tertiary/aromatic N) is 1. The second-order valence-electron chi connectivity index (χ2n) is 5.80. The van der Waals surface area contributed by atoms with Gasteiger partial charge in [-0.25, -0.2) is 4.39 Å². The molecule has 0 saturated heterocycles. The summed E-state index contributed by atoms with van der Waals surface area (Å²) >= 11 is 0. The fourth-order valence-electron chi connectivity index (χ4n) is 2.88. The van der Waals surface area contributed by atoms with Crippen molar-refractivity contribution in [2.24, 2.45) is 0 Å². The Kier molecular flexibility index (Phi) is 7.10. The monoisotopic (exact) mass is 294 g/mol. The van der Waals surface area contributed by atoms with Crippen LogP contribution in [0.4, 0.5) is 4.39 Å². The van der Waals surface area contributed by atoms with E-state index in [1.165, 1.54) is 44.4 Å². The van der Waals surface area contributed by atoms with E-state index in [0.717, 1.165) is 31.7 Å². The molecule has 1 atom stereocenters. The zero-order valence-corrected chi connectivity index (χ0v) is 13.0. The van der Waals surface area contributed by atoms with Gasteiger partial charge >= 0.3 is 0 Å². The molecule has 1 aromatic rings. The van der Waals surface area contributed by atoms with Gasteiger partial charge in [0.25, 0.3) is 0 Å². The maximum Gasteiger partial charge on any atom is 0.141 e. The Morgan fingerprint density at radius 2 is 2.14 bits per heavy atom. The lowest BCUT2D eigenvalue weighted by Gasteiger charge is -2.22. The molecule has 2 rings (SSSR count). The molecule has 1 aliphatic rings. The summed E-state index contributed by atoms with van der Waals surface area (Å²) in [5, 5.41) is 3.48. The minimum atomic E-state index is -0.283. The average molecular weight is 294 g/mol. The molecule has 1 heterocycles. The number of hydrogen-bond acceptors (Lipinski definition) is 3. The Bertz CT molecular complexity index is 390. The fraction of sp³-hybridized carbons (Fsp3) is 0.706. The predicted octanol–water partition coefficient (Wildman–Crippen LogP) is 4.00. The summed E-state index contributed by atoms with van der Waals surface area (Å²) in [5.74, 6) is -0.283. The van der Waals surface area contributed by atoms with Crippen molar-refractivity contribution in [3.05, 3.63) is 29.8 Å². The summed E-state index contributed by atoms with van der Waals surface area (Å²) in [5.41, 5.74) is 0.909. The predicted molar refractivity (Wildman–Crippen MR) is 82.7 cm³/mol. The molecule has 1 N–H and O–H groups in total. The molecule has 0 aromatic carbocycles. The molecule has 4 heteroatoms. The molecule has 3 nitrogen and oxygen atoms in total. The molecule has 1 aromatic heterocycles. The number of rotatable bonds is 8. The standard InChI is InChI=1S/C17H27FN2O/c1-2-16(17-10-9-14(18)13-20-17)19-11-6-12-21-15-7-4-3-5-8-15/h9-10,13,15-16,19H,2-8,11-12H2,1H3. The molecule has 1 fully saturated rings. The third-order valence-corrected chi connectivity index (χ3v) is 4.13. The molecule has 0 amide bonds. The molecule has 1 saturated carbocycles. The highest BCUT2D eigenvalue weighted by molar-refractivity contribution is 5.09. The molecule has 0 aliphatic heterocycles. The Balaban J connectivity index is 1.63. The van der Waals surface area contributed by atoms with E-state index in [1.807, 2.05) is 0 Å². The largest absolute Gasteiger partial charge is 0.378 e. The molecule has 0 radical (unpaired) electrons. The van der Waals surface area contributed by atoms with Gasteiger partial charge in [0.15, 0.2) is 0 Å². The minimum Gasteiger partial charge on any atom is -0.378 e. The third kappa shape index (κ3) is 5.71. The summed E-state index contributed by atoms with van der Waals surface area (Å²) in [4.78, 5) is 4.15. The molecule has 0 bridgehead atoms. The van der Waals surface area contributed by atoms with Crippen molar-refractivity contribution < 1.29 is 9.13 Å². The SMILES string of the molecule is CCC(NCCCOC1CCCCC1)c1ccc(F)cn1. The van der Waals surface area contributed by atoms with Crippen LogP contribution in [0, 0.1) is 5.82 Å². The number of nitrogens with one attached hydrogen (secondary N) is 1. The molecule has 1 aliphatic carbocycles. The van der Waals surface area contributed by atoms with Gasteiger partial charge in [-0.3, -0.25) is 4.98 Å². The number of hydrogen-bond donors (Lipinski definition) is 1. The zero-order chi connectivity index (χ0) is 14.9. The summed E-state index contributed by atoms with van der Waals surface area (Å²) in [6.45, 7) is 3.84. The van der Waals surface area contributed by atoms with Crippen molar-refractivity contribution in [2.75, 3.05) is 13.2 Å². The topological polar surface area (TPSA) is 34.1 Å². The maximum atomic E-state index is 12.9. The number of aromatic nitrogens is 1. The second kappa shape index (κ2) is 9.11. The second-order valence-corrected chi connectivity index (χ2v) is 5.80. The van der Waals surface area contributed by atoms with Crippen molar-refractivity contribution in [3.63, 3.8) is 0 Å². The average Bonchev–Trinajstić information content (AvgIpc) is 2.53. The Labute approximate surface area is 127 Å². The number of pyridine rings is 1. The molecule has 1 unspecified atom stereocenters. The Morgan fingerprint density at radius 3 is 2.81 bits per heavy atom. The third-order valence-electron chi connectivity index (χ3n) is 4.13. The minimum absolute atomic E-state index is 0.195. The van der Waals surface area contributed by atoms with Gasteiger partial charge in [-0.15, -0.1) is 0 Å². The van der Waals surface area contributed by atoms with Crippen LogP contribution in [0.1, 0.15) is 63.6 Å². The van der Waals surface area contributed by atoms with Gasteiger partial charge in [0, 0.05) is 12.6 Å². The molecule has 21 heavy (non-hydrogen) atoms. The number of ether oxygens (including phenoxy) is 1. The highest BCUT2D eigenvalue weighted by Crippen LogP contribution is 2.20. The lowest BCUT2D eigenvalue weighted by molar-refractivity contribution is 0.0270. The maximum absolute atomic E-state index is 12.9. The quantitative estimate of drug-likeness (QED) is 0.736. The molecular weight excluding hydrogens is 267 g/mol. The van der Waals surface area contributed by atoms with Crippen molar-refractivity contribution in [1.29, 1.82) is 0 Å². The molecule has 0 spiro atoms. The first kappa shape index (κ1) is 16.4. The van der Waals surface area contributed by atoms with Gasteiger partial charge in [-0.2, -0.15) is 0 Å². The van der Waals surface area contributed by atoms with Gasteiger partial charge in [0.2, 0.25) is 0 Å². The fourth-order valence-corrected chi connectivity index (χ4v) is 2.88. The van der Waals surface area contributed by atoms with E-state index < -0.39 is 0 Å². The number of halogens is 1. The lowest BCUT2D eigenvalue weighted by Crippen LogP contribution is -2.25. The Hall–Kier alpha value is -1.00. The van der Waals surface area contributed by atoms with Crippen LogP contribution in [0.25, 0.3) is 0 Å². The van der Waals surface area contributed by atoms with Gasteiger partial charge in [-0.05, 0) is 44.4 Å². The zero-order valence-electron chi connectivity index (χ0n) is 13.0. The normalized spacial score (nSPS) is 17.8. The van der Waals surface area contributed by atoms with Crippen LogP contribution in [0.15, 0.2) is 18.3 Å². The van der Waals surface area contributed by atoms with Crippen molar-refractivity contribution in [3.8, 4) is 0 Å². The van der Waals surface area contributed by atoms with E-state index in [-0.39, 0.29) is 11.9 Å². The summed E-state index contributed by atoms with van der Waals surface area (Å²) in [6, 6.07) is 3.42. The van der Waals surface area contributed by atoms with E-state index in [1.54, 1.807) is 6.07 Å². The van der Waals surface area contributed by atoms with E-state index in [0.29, 0.717) is 6.10 Å². The smallest absolute Gasteiger partial charge is 0.141 e. The van der Waals surface area contributed by atoms with Crippen molar-refractivity contribution >= 4 is 0 Å². The highest BCUT2D eigenvalue weighted by Gasteiger charge is 2.13. The molecule has 118 valence electrons. The van der Waals surface area contributed by atoms with Gasteiger partial charge in [-0.1, -0.05) is 26.2 Å². The van der Waals surface area contributed by atoms with E-state index in [9.17, 15) is 4.39 Å². The molecular formula is C17H27FN2O. The van der Waals surface area contributed by atoms with Gasteiger partial charge in [0.1, 0.15) is 5.82 Å². The lowest BCUT2D eigenvalue weighted by atomic mass is 9.98. The van der Waals surface area contributed by atoms with E-state index >= 15 is 0 Å². The van der Waals surface area contributed by atoms with Crippen LogP contribution < -0.4 is 5.32 Å². The van der Waals surface area contributed by atoms with E-state index in [4.69, 9.17) is 4.74 Å². The van der Waals surface area contributed by atoms with Crippen LogP contribution in [-0.2, 0) is 4.74 Å². The van der Waals surface area contributed by atoms with E-state index in [2.05, 4.69) is 17.2 Å². The van der Waals surface area contributed by atoms with Gasteiger partial charge < -0.3 is 10.1 Å². The summed E-state index contributed by atoms with van der Waals surface area (Å²) < 4.78 is 18.8. The highest BCUT2D eigenvalue weighted by atomic mass is 19.1. The van der Waals surface area contributed by atoms with Crippen molar-refractivity contribution in [2.45, 2.75) is 64.0 Å². The van der Waals surface area contributed by atoms with Crippen LogP contribution in [0.5, 0.6) is 0 Å². The van der Waals surface area contributed by atoms with Gasteiger partial charge in [0.05, 0.1) is 18.0 Å². The van der Waals surface area contributed by atoms with Crippen LogP contribution in [0.2, 0.25) is 0 Å². The first-order chi connectivity index (χ1) is 10.3. The summed E-state index contributed by atoms with van der Waals surface area (Å²) in [7, 11) is 0.